The lowest BCUT2D eigenvalue weighted by atomic mass is 10.1. The summed E-state index contributed by atoms with van der Waals surface area (Å²) < 4.78 is 0. The zero-order valence-corrected chi connectivity index (χ0v) is 11.4. The highest BCUT2D eigenvalue weighted by atomic mass is 16.4. The van der Waals surface area contributed by atoms with Crippen LogP contribution in [0.3, 0.4) is 0 Å². The summed E-state index contributed by atoms with van der Waals surface area (Å²) in [7, 11) is 0. The Morgan fingerprint density at radius 2 is 2.00 bits per heavy atom. The Morgan fingerprint density at radius 1 is 1.44 bits per heavy atom. The van der Waals surface area contributed by atoms with Crippen LogP contribution in [-0.4, -0.2) is 21.7 Å². The number of hydrogen-bond donors (Lipinski definition) is 3. The lowest BCUT2D eigenvalue weighted by Crippen LogP contribution is -2.45. The number of nitrogens with zero attached hydrogens (tertiary/aromatic N) is 2. The van der Waals surface area contributed by atoms with E-state index in [1.807, 2.05) is 33.8 Å². The van der Waals surface area contributed by atoms with Crippen molar-refractivity contribution >= 4 is 11.9 Å². The summed E-state index contributed by atoms with van der Waals surface area (Å²) in [5.41, 5.74) is 6.71. The number of carbonyl (C=O) groups is 1. The summed E-state index contributed by atoms with van der Waals surface area (Å²) in [5, 5.41) is 9.24. The smallest absolute Gasteiger partial charge is 0.413 e. The molecular formula is C12H22N4O2. The zero-order valence-electron chi connectivity index (χ0n) is 11.4. The van der Waals surface area contributed by atoms with E-state index in [1.54, 1.807) is 6.07 Å². The van der Waals surface area contributed by atoms with Crippen LogP contribution in [0.4, 0.5) is 10.6 Å². The Kier molecular flexibility index (Phi) is 5.26. The highest BCUT2D eigenvalue weighted by molar-refractivity contribution is 5.86. The molecule has 18 heavy (non-hydrogen) atoms. The van der Waals surface area contributed by atoms with E-state index in [-0.39, 0.29) is 6.15 Å². The summed E-state index contributed by atoms with van der Waals surface area (Å²) in [5.74, 6) is 0.430. The Hall–Kier alpha value is -1.66. The van der Waals surface area contributed by atoms with Crippen LogP contribution in [-0.2, 0) is 6.54 Å². The van der Waals surface area contributed by atoms with Gasteiger partial charge in [0.2, 0.25) is 0 Å². The number of nitrogens with two attached hydrogens (primary N) is 1. The first-order valence-electron chi connectivity index (χ1n) is 5.47. The van der Waals surface area contributed by atoms with Crippen molar-refractivity contribution in [3.05, 3.63) is 23.4 Å². The fraction of sp³-hybridized carbons (Fsp3) is 0.500. The molecule has 1 aromatic rings. The molecule has 1 aromatic heterocycles. The van der Waals surface area contributed by atoms with E-state index in [0.717, 1.165) is 11.3 Å². The van der Waals surface area contributed by atoms with Gasteiger partial charge in [0, 0.05) is 17.8 Å². The average molecular weight is 254 g/mol. The maximum Gasteiger partial charge on any atom is 0.413 e. The Bertz CT molecular complexity index is 427. The first-order valence-corrected chi connectivity index (χ1v) is 5.47. The van der Waals surface area contributed by atoms with Gasteiger partial charge in [-0.25, -0.2) is 9.78 Å². The van der Waals surface area contributed by atoms with Crippen LogP contribution in [0.1, 0.15) is 32.0 Å². The van der Waals surface area contributed by atoms with Crippen LogP contribution in [0.5, 0.6) is 0 Å². The zero-order chi connectivity index (χ0) is 13.2. The SMILES string of the molecule is Cc1nc(N(C(=O)O)C(C)(C)C)ccc1CN.N. The van der Waals surface area contributed by atoms with E-state index in [0.29, 0.717) is 12.4 Å². The van der Waals surface area contributed by atoms with Gasteiger partial charge in [0.1, 0.15) is 5.82 Å². The molecule has 0 aromatic carbocycles. The number of aryl methyl sites for hydroxylation is 1. The molecule has 6 nitrogen and oxygen atoms in total. The number of pyridine rings is 1. The number of rotatable bonds is 2. The molecule has 1 rings (SSSR count). The van der Waals surface area contributed by atoms with Gasteiger partial charge in [0.15, 0.2) is 0 Å². The quantitative estimate of drug-likeness (QED) is 0.749. The Labute approximate surface area is 107 Å². The summed E-state index contributed by atoms with van der Waals surface area (Å²) in [6.07, 6.45) is -1.01. The third kappa shape index (κ3) is 3.41. The Balaban J connectivity index is 0.00000289. The van der Waals surface area contributed by atoms with Gasteiger partial charge < -0.3 is 17.0 Å². The van der Waals surface area contributed by atoms with Gasteiger partial charge in [-0.1, -0.05) is 6.07 Å². The minimum atomic E-state index is -1.01. The second-order valence-electron chi connectivity index (χ2n) is 4.91. The molecule has 0 unspecified atom stereocenters. The van der Waals surface area contributed by atoms with Gasteiger partial charge in [-0.3, -0.25) is 4.90 Å². The minimum Gasteiger partial charge on any atom is -0.465 e. The normalized spacial score (nSPS) is 10.7. The highest BCUT2D eigenvalue weighted by Crippen LogP contribution is 2.23. The van der Waals surface area contributed by atoms with Gasteiger partial charge >= 0.3 is 6.09 Å². The van der Waals surface area contributed by atoms with Gasteiger partial charge in [-0.2, -0.15) is 0 Å². The van der Waals surface area contributed by atoms with E-state index < -0.39 is 11.6 Å². The first kappa shape index (κ1) is 16.3. The molecule has 0 saturated carbocycles. The topological polar surface area (TPSA) is 114 Å². The van der Waals surface area contributed by atoms with Crippen molar-refractivity contribution < 1.29 is 9.90 Å². The van der Waals surface area contributed by atoms with E-state index >= 15 is 0 Å². The lowest BCUT2D eigenvalue weighted by Gasteiger charge is -2.32. The number of hydrogen-bond acceptors (Lipinski definition) is 4. The van der Waals surface area contributed by atoms with Crippen LogP contribution < -0.4 is 16.8 Å². The molecule has 0 fully saturated rings. The third-order valence-corrected chi connectivity index (χ3v) is 2.49. The number of amides is 1. The van der Waals surface area contributed by atoms with E-state index in [2.05, 4.69) is 4.98 Å². The van der Waals surface area contributed by atoms with E-state index in [9.17, 15) is 9.90 Å². The van der Waals surface area contributed by atoms with Crippen LogP contribution in [0.25, 0.3) is 0 Å². The molecular weight excluding hydrogens is 232 g/mol. The number of anilines is 1. The Morgan fingerprint density at radius 3 is 2.33 bits per heavy atom. The molecule has 102 valence electrons. The first-order chi connectivity index (χ1) is 7.77. The summed E-state index contributed by atoms with van der Waals surface area (Å²) in [4.78, 5) is 16.8. The molecule has 0 radical (unpaired) electrons. The van der Waals surface area contributed by atoms with E-state index in [1.165, 1.54) is 4.90 Å². The largest absolute Gasteiger partial charge is 0.465 e. The average Bonchev–Trinajstić information content (AvgIpc) is 2.15. The maximum atomic E-state index is 11.3. The highest BCUT2D eigenvalue weighted by Gasteiger charge is 2.28. The second kappa shape index (κ2) is 5.79. The molecule has 0 spiro atoms. The molecule has 6 heteroatoms. The van der Waals surface area contributed by atoms with Crippen LogP contribution in [0.15, 0.2) is 12.1 Å². The molecule has 0 saturated heterocycles. The van der Waals surface area contributed by atoms with Gasteiger partial charge in [0.25, 0.3) is 0 Å². The fourth-order valence-electron chi connectivity index (χ4n) is 1.65. The van der Waals surface area contributed by atoms with Crippen molar-refractivity contribution in [2.24, 2.45) is 5.73 Å². The lowest BCUT2D eigenvalue weighted by molar-refractivity contribution is 0.195. The van der Waals surface area contributed by atoms with Crippen LogP contribution >= 0.6 is 0 Å². The van der Waals surface area contributed by atoms with Crippen LogP contribution in [0, 0.1) is 6.92 Å². The number of carboxylic acid groups (broad SMARTS) is 1. The summed E-state index contributed by atoms with van der Waals surface area (Å²) >= 11 is 0. The maximum absolute atomic E-state index is 11.3. The molecule has 1 amide bonds. The van der Waals surface area contributed by atoms with Gasteiger partial charge in [-0.05, 0) is 39.3 Å². The molecule has 1 heterocycles. The summed E-state index contributed by atoms with van der Waals surface area (Å²) in [6.45, 7) is 7.72. The van der Waals surface area contributed by atoms with Gasteiger partial charge in [-0.15, -0.1) is 0 Å². The molecule has 0 bridgehead atoms. The minimum absolute atomic E-state index is 0. The molecule has 0 aliphatic carbocycles. The van der Waals surface area contributed by atoms with Crippen molar-refractivity contribution in [3.8, 4) is 0 Å². The second-order valence-corrected chi connectivity index (χ2v) is 4.91. The monoisotopic (exact) mass is 254 g/mol. The summed E-state index contributed by atoms with van der Waals surface area (Å²) in [6, 6.07) is 3.51. The third-order valence-electron chi connectivity index (χ3n) is 2.49. The van der Waals surface area contributed by atoms with Crippen molar-refractivity contribution in [1.82, 2.24) is 11.1 Å². The van der Waals surface area contributed by atoms with Crippen molar-refractivity contribution in [2.75, 3.05) is 4.90 Å². The van der Waals surface area contributed by atoms with Crippen molar-refractivity contribution in [3.63, 3.8) is 0 Å². The molecule has 0 aliphatic rings. The molecule has 6 N–H and O–H groups in total. The predicted octanol–water partition coefficient (Wildman–Crippen LogP) is 2.29. The van der Waals surface area contributed by atoms with Crippen molar-refractivity contribution in [1.29, 1.82) is 0 Å². The van der Waals surface area contributed by atoms with Gasteiger partial charge in [0.05, 0.1) is 0 Å². The molecule has 0 atom stereocenters. The molecule has 0 aliphatic heterocycles. The fourth-order valence-corrected chi connectivity index (χ4v) is 1.65. The number of aromatic nitrogens is 1. The predicted molar refractivity (Wildman–Crippen MR) is 72.1 cm³/mol. The standard InChI is InChI=1S/C12H19N3O2.H3N/c1-8-9(7-13)5-6-10(14-8)15(11(16)17)12(2,3)4;/h5-6H,7,13H2,1-4H3,(H,16,17);1H3. The van der Waals surface area contributed by atoms with Crippen molar-refractivity contribution in [2.45, 2.75) is 39.8 Å². The van der Waals surface area contributed by atoms with E-state index in [4.69, 9.17) is 5.73 Å². The van der Waals surface area contributed by atoms with Crippen LogP contribution in [0.2, 0.25) is 0 Å².